The van der Waals surface area contributed by atoms with Gasteiger partial charge >= 0.3 is 0 Å². The van der Waals surface area contributed by atoms with Crippen LogP contribution in [0.1, 0.15) is 20.3 Å². The van der Waals surface area contributed by atoms with E-state index in [0.717, 1.165) is 0 Å². The fraction of sp³-hybridized carbons (Fsp3) is 0.667. The third-order valence-electron chi connectivity index (χ3n) is 3.13. The van der Waals surface area contributed by atoms with Gasteiger partial charge < -0.3 is 19.9 Å². The lowest BCUT2D eigenvalue weighted by Crippen LogP contribution is -2.43. The molecule has 2 rings (SSSR count). The molecule has 0 spiro atoms. The topological polar surface area (TPSA) is 76.5 Å². The zero-order valence-corrected chi connectivity index (χ0v) is 10.7. The van der Waals surface area contributed by atoms with Gasteiger partial charge in [0, 0.05) is 31.8 Å². The van der Waals surface area contributed by atoms with Crippen LogP contribution in [0.5, 0.6) is 5.88 Å². The monoisotopic (exact) mass is 253 g/mol. The van der Waals surface area contributed by atoms with E-state index in [1.54, 1.807) is 12.3 Å². The minimum absolute atomic E-state index is 0.180. The highest BCUT2D eigenvalue weighted by atomic mass is 16.5. The van der Waals surface area contributed by atoms with Gasteiger partial charge in [-0.3, -0.25) is 0 Å². The van der Waals surface area contributed by atoms with Gasteiger partial charge in [-0.2, -0.15) is 4.98 Å². The molecule has 6 heteroatoms. The molecule has 0 amide bonds. The van der Waals surface area contributed by atoms with Crippen molar-refractivity contribution in [2.24, 2.45) is 0 Å². The van der Waals surface area contributed by atoms with Gasteiger partial charge in [-0.05, 0) is 13.8 Å². The lowest BCUT2D eigenvalue weighted by molar-refractivity contribution is -0.0177. The van der Waals surface area contributed by atoms with E-state index in [4.69, 9.17) is 9.47 Å². The van der Waals surface area contributed by atoms with E-state index < -0.39 is 5.60 Å². The first-order valence-electron chi connectivity index (χ1n) is 6.18. The summed E-state index contributed by atoms with van der Waals surface area (Å²) in [6.07, 6.45) is 2.06. The zero-order chi connectivity index (χ0) is 13.0. The highest BCUT2D eigenvalue weighted by molar-refractivity contribution is 5.28. The standard InChI is InChI=1S/C12H19N3O3/c1-3-17-10-4-6-13-11(15-10)14-8-12(16)5-7-18-9(12)2/h4,6,9,16H,3,5,7-8H2,1-2H3,(H,13,14,15). The number of anilines is 1. The van der Waals surface area contributed by atoms with E-state index >= 15 is 0 Å². The number of nitrogens with one attached hydrogen (secondary N) is 1. The maximum absolute atomic E-state index is 10.3. The second-order valence-corrected chi connectivity index (χ2v) is 4.37. The van der Waals surface area contributed by atoms with Crippen molar-refractivity contribution in [1.82, 2.24) is 9.97 Å². The van der Waals surface area contributed by atoms with Crippen molar-refractivity contribution in [2.45, 2.75) is 32.0 Å². The van der Waals surface area contributed by atoms with Crippen LogP contribution in [0.25, 0.3) is 0 Å². The number of ether oxygens (including phenoxy) is 2. The smallest absolute Gasteiger partial charge is 0.226 e. The highest BCUT2D eigenvalue weighted by Crippen LogP contribution is 2.25. The van der Waals surface area contributed by atoms with Gasteiger partial charge in [0.2, 0.25) is 11.8 Å². The second kappa shape index (κ2) is 5.49. The molecular weight excluding hydrogens is 234 g/mol. The average molecular weight is 253 g/mol. The molecular formula is C12H19N3O3. The summed E-state index contributed by atoms with van der Waals surface area (Å²) in [7, 11) is 0. The summed E-state index contributed by atoms with van der Waals surface area (Å²) < 4.78 is 10.6. The van der Waals surface area contributed by atoms with Crippen molar-refractivity contribution in [2.75, 3.05) is 25.1 Å². The Morgan fingerprint density at radius 1 is 1.67 bits per heavy atom. The molecule has 0 aliphatic carbocycles. The lowest BCUT2D eigenvalue weighted by Gasteiger charge is -2.26. The van der Waals surface area contributed by atoms with Gasteiger partial charge in [0.1, 0.15) is 5.60 Å². The van der Waals surface area contributed by atoms with Gasteiger partial charge in [0.25, 0.3) is 0 Å². The van der Waals surface area contributed by atoms with Gasteiger partial charge in [0.15, 0.2) is 0 Å². The Morgan fingerprint density at radius 2 is 2.50 bits per heavy atom. The number of rotatable bonds is 5. The van der Waals surface area contributed by atoms with E-state index in [0.29, 0.717) is 38.0 Å². The number of nitrogens with zero attached hydrogens (tertiary/aromatic N) is 2. The predicted octanol–water partition coefficient (Wildman–Crippen LogP) is 0.827. The van der Waals surface area contributed by atoms with Crippen LogP contribution in [-0.2, 0) is 4.74 Å². The van der Waals surface area contributed by atoms with Crippen molar-refractivity contribution in [1.29, 1.82) is 0 Å². The van der Waals surface area contributed by atoms with Gasteiger partial charge in [0.05, 0.1) is 12.7 Å². The minimum Gasteiger partial charge on any atom is -0.478 e. The second-order valence-electron chi connectivity index (χ2n) is 4.37. The van der Waals surface area contributed by atoms with Crippen molar-refractivity contribution < 1.29 is 14.6 Å². The molecule has 0 aromatic carbocycles. The lowest BCUT2D eigenvalue weighted by atomic mass is 9.97. The van der Waals surface area contributed by atoms with Crippen LogP contribution in [0.4, 0.5) is 5.95 Å². The molecule has 6 nitrogen and oxygen atoms in total. The van der Waals surface area contributed by atoms with Crippen LogP contribution in [0.3, 0.4) is 0 Å². The van der Waals surface area contributed by atoms with E-state index in [9.17, 15) is 5.11 Å². The molecule has 2 heterocycles. The summed E-state index contributed by atoms with van der Waals surface area (Å²) in [5, 5.41) is 13.3. The molecule has 0 radical (unpaired) electrons. The maximum atomic E-state index is 10.3. The third-order valence-corrected chi connectivity index (χ3v) is 3.13. The Bertz CT molecular complexity index is 402. The molecule has 100 valence electrons. The predicted molar refractivity (Wildman–Crippen MR) is 66.7 cm³/mol. The maximum Gasteiger partial charge on any atom is 0.226 e. The van der Waals surface area contributed by atoms with Crippen molar-refractivity contribution >= 4 is 5.95 Å². The van der Waals surface area contributed by atoms with Crippen LogP contribution in [0, 0.1) is 0 Å². The highest BCUT2D eigenvalue weighted by Gasteiger charge is 2.39. The average Bonchev–Trinajstić information content (AvgIpc) is 2.69. The van der Waals surface area contributed by atoms with E-state index in [1.165, 1.54) is 0 Å². The third kappa shape index (κ3) is 2.88. The fourth-order valence-electron chi connectivity index (χ4n) is 1.89. The Labute approximate surface area is 106 Å². The van der Waals surface area contributed by atoms with E-state index in [2.05, 4.69) is 15.3 Å². The van der Waals surface area contributed by atoms with Crippen molar-refractivity contribution in [3.63, 3.8) is 0 Å². The SMILES string of the molecule is CCOc1ccnc(NCC2(O)CCOC2C)n1. The Morgan fingerprint density at radius 3 is 3.17 bits per heavy atom. The minimum atomic E-state index is -0.856. The van der Waals surface area contributed by atoms with Gasteiger partial charge in [-0.25, -0.2) is 4.98 Å². The molecule has 0 bridgehead atoms. The largest absolute Gasteiger partial charge is 0.478 e. The normalized spacial score (nSPS) is 27.2. The summed E-state index contributed by atoms with van der Waals surface area (Å²) in [5.74, 6) is 0.978. The summed E-state index contributed by atoms with van der Waals surface area (Å²) in [6, 6.07) is 1.70. The quantitative estimate of drug-likeness (QED) is 0.809. The van der Waals surface area contributed by atoms with Crippen LogP contribution >= 0.6 is 0 Å². The summed E-state index contributed by atoms with van der Waals surface area (Å²) in [4.78, 5) is 8.27. The summed E-state index contributed by atoms with van der Waals surface area (Å²) in [5.41, 5.74) is -0.856. The zero-order valence-electron chi connectivity index (χ0n) is 10.7. The Balaban J connectivity index is 1.95. The number of hydrogen-bond donors (Lipinski definition) is 2. The Kier molecular flexibility index (Phi) is 3.98. The summed E-state index contributed by atoms with van der Waals surface area (Å²) in [6.45, 7) is 5.27. The van der Waals surface area contributed by atoms with Crippen molar-refractivity contribution in [3.8, 4) is 5.88 Å². The first-order valence-corrected chi connectivity index (χ1v) is 6.18. The van der Waals surface area contributed by atoms with E-state index in [1.807, 2.05) is 13.8 Å². The molecule has 1 aromatic rings. The van der Waals surface area contributed by atoms with Crippen LogP contribution in [-0.4, -0.2) is 46.5 Å². The van der Waals surface area contributed by atoms with Crippen LogP contribution in [0.2, 0.25) is 0 Å². The van der Waals surface area contributed by atoms with Crippen LogP contribution < -0.4 is 10.1 Å². The Hall–Kier alpha value is -1.40. The molecule has 2 atom stereocenters. The number of aromatic nitrogens is 2. The first-order chi connectivity index (χ1) is 8.64. The number of aliphatic hydroxyl groups is 1. The molecule has 1 aromatic heterocycles. The molecule has 2 N–H and O–H groups in total. The molecule has 2 unspecified atom stereocenters. The fourth-order valence-corrected chi connectivity index (χ4v) is 1.89. The molecule has 18 heavy (non-hydrogen) atoms. The molecule has 1 aliphatic heterocycles. The number of hydrogen-bond acceptors (Lipinski definition) is 6. The molecule has 1 aliphatic rings. The summed E-state index contributed by atoms with van der Waals surface area (Å²) >= 11 is 0. The molecule has 1 saturated heterocycles. The van der Waals surface area contributed by atoms with Gasteiger partial charge in [-0.15, -0.1) is 0 Å². The molecule has 1 fully saturated rings. The van der Waals surface area contributed by atoms with Crippen molar-refractivity contribution in [3.05, 3.63) is 12.3 Å². The van der Waals surface area contributed by atoms with E-state index in [-0.39, 0.29) is 6.10 Å². The van der Waals surface area contributed by atoms with Gasteiger partial charge in [-0.1, -0.05) is 0 Å². The van der Waals surface area contributed by atoms with Crippen LogP contribution in [0.15, 0.2) is 12.3 Å². The molecule has 0 saturated carbocycles. The first kappa shape index (κ1) is 13.0.